The summed E-state index contributed by atoms with van der Waals surface area (Å²) in [6, 6.07) is 0.0470. The molecular formula is C20H25FeNO2+2. The number of hydrogen-bond donors (Lipinski definition) is 0. The van der Waals surface area contributed by atoms with Crippen molar-refractivity contribution >= 4 is 5.90 Å². The van der Waals surface area contributed by atoms with Crippen LogP contribution in [-0.4, -0.2) is 30.8 Å². The zero-order chi connectivity index (χ0) is 16.3. The second-order valence-corrected chi connectivity index (χ2v) is 6.73. The molecule has 0 bridgehead atoms. The van der Waals surface area contributed by atoms with Crippen LogP contribution in [0.25, 0.3) is 0 Å². The minimum absolute atomic E-state index is 0. The molecule has 3 aliphatic rings. The van der Waals surface area contributed by atoms with Gasteiger partial charge >= 0.3 is 17.1 Å². The van der Waals surface area contributed by atoms with Crippen LogP contribution < -0.4 is 0 Å². The standard InChI is InChI=1S/C20H25NO2.Fe/c1-15-8-6-12-17(15)19-21-18(14-22-19)20(2,3)23-13-7-11-16-9-4-5-10-16;/h4-6,8-10,12,18H,7,11,13-14H2,1-3H3;/q;+2/t18-;/m0./s1. The molecule has 0 aromatic heterocycles. The van der Waals surface area contributed by atoms with Crippen LogP contribution in [0.1, 0.15) is 33.6 Å². The quantitative estimate of drug-likeness (QED) is 0.509. The van der Waals surface area contributed by atoms with E-state index in [2.05, 4.69) is 59.3 Å². The van der Waals surface area contributed by atoms with Crippen molar-refractivity contribution in [2.45, 2.75) is 45.3 Å². The molecule has 24 heavy (non-hydrogen) atoms. The molecule has 0 N–H and O–H groups in total. The molecule has 0 unspecified atom stereocenters. The van der Waals surface area contributed by atoms with Crippen molar-refractivity contribution < 1.29 is 26.5 Å². The van der Waals surface area contributed by atoms with Gasteiger partial charge in [-0.2, -0.15) is 0 Å². The summed E-state index contributed by atoms with van der Waals surface area (Å²) in [5.74, 6) is 4.44. The maximum absolute atomic E-state index is 6.12. The summed E-state index contributed by atoms with van der Waals surface area (Å²) in [6.07, 6.45) is 16.8. The Morgan fingerprint density at radius 2 is 1.92 bits per heavy atom. The second-order valence-electron chi connectivity index (χ2n) is 6.73. The molecule has 0 saturated heterocycles. The van der Waals surface area contributed by atoms with Gasteiger partial charge in [0.2, 0.25) is 0 Å². The predicted molar refractivity (Wildman–Crippen MR) is 91.9 cm³/mol. The molecule has 2 fully saturated rings. The SMILES string of the molecule is C[C]1[CH][CH][CH][C]1C1=N[C@H](C(C)(C)OCCC[C]2[CH][CH][CH][CH]2)CO1.[Fe+2]. The van der Waals surface area contributed by atoms with Crippen molar-refractivity contribution in [1.82, 2.24) is 0 Å². The van der Waals surface area contributed by atoms with Crippen molar-refractivity contribution in [1.29, 1.82) is 0 Å². The maximum atomic E-state index is 6.12. The van der Waals surface area contributed by atoms with Gasteiger partial charge in [0.15, 0.2) is 5.90 Å². The Balaban J connectivity index is 0.00000208. The average Bonchev–Trinajstić information content (AvgIpc) is 3.24. The molecule has 1 heterocycles. The van der Waals surface area contributed by atoms with Crippen LogP contribution in [0.5, 0.6) is 0 Å². The zero-order valence-electron chi connectivity index (χ0n) is 14.6. The number of hydrogen-bond acceptors (Lipinski definition) is 3. The van der Waals surface area contributed by atoms with E-state index in [-0.39, 0.29) is 28.7 Å². The van der Waals surface area contributed by atoms with Crippen molar-refractivity contribution in [3.05, 3.63) is 62.7 Å². The summed E-state index contributed by atoms with van der Waals surface area (Å²) in [5.41, 5.74) is -0.311. The third-order valence-corrected chi connectivity index (χ3v) is 4.53. The number of rotatable bonds is 7. The molecule has 2 saturated carbocycles. The van der Waals surface area contributed by atoms with Crippen LogP contribution in [0.3, 0.4) is 0 Å². The van der Waals surface area contributed by atoms with E-state index in [1.165, 1.54) is 11.8 Å². The Hall–Kier alpha value is -0.0505. The first kappa shape index (κ1) is 20.3. The fraction of sp³-hybridized carbons (Fsp3) is 0.450. The Morgan fingerprint density at radius 3 is 2.58 bits per heavy atom. The minimum Gasteiger partial charge on any atom is -0.478 e. The summed E-state index contributed by atoms with van der Waals surface area (Å²) >= 11 is 0. The molecule has 3 nitrogen and oxygen atoms in total. The third-order valence-electron chi connectivity index (χ3n) is 4.53. The van der Waals surface area contributed by atoms with Crippen molar-refractivity contribution in [2.75, 3.05) is 13.2 Å². The number of ether oxygens (including phenoxy) is 2. The average molecular weight is 367 g/mol. The Labute approximate surface area is 158 Å². The molecule has 2 aliphatic carbocycles. The van der Waals surface area contributed by atoms with Crippen LogP contribution in [0.2, 0.25) is 0 Å². The van der Waals surface area contributed by atoms with Gasteiger partial charge in [-0.25, -0.2) is 4.99 Å². The molecule has 1 atom stereocenters. The van der Waals surface area contributed by atoms with Crippen LogP contribution >= 0.6 is 0 Å². The van der Waals surface area contributed by atoms with Crippen LogP contribution in [-0.2, 0) is 26.5 Å². The van der Waals surface area contributed by atoms with Crippen molar-refractivity contribution in [2.24, 2.45) is 4.99 Å². The smallest absolute Gasteiger partial charge is 0.478 e. The van der Waals surface area contributed by atoms with E-state index in [0.717, 1.165) is 31.3 Å². The van der Waals surface area contributed by atoms with Gasteiger partial charge in [0.1, 0.15) is 12.6 Å². The zero-order valence-corrected chi connectivity index (χ0v) is 15.7. The van der Waals surface area contributed by atoms with Crippen LogP contribution in [0, 0.1) is 62.7 Å². The van der Waals surface area contributed by atoms with Gasteiger partial charge < -0.3 is 9.47 Å². The van der Waals surface area contributed by atoms with Crippen LogP contribution in [0.4, 0.5) is 0 Å². The van der Waals surface area contributed by atoms with Gasteiger partial charge in [-0.3, -0.25) is 0 Å². The van der Waals surface area contributed by atoms with E-state index < -0.39 is 0 Å². The molecule has 0 spiro atoms. The van der Waals surface area contributed by atoms with E-state index in [9.17, 15) is 0 Å². The van der Waals surface area contributed by atoms with Crippen molar-refractivity contribution in [3.63, 3.8) is 0 Å². The number of aliphatic imine (C=N–C) groups is 1. The van der Waals surface area contributed by atoms with Crippen molar-refractivity contribution in [3.8, 4) is 0 Å². The molecule has 0 amide bonds. The summed E-state index contributed by atoms with van der Waals surface area (Å²) in [4.78, 5) is 4.76. The van der Waals surface area contributed by atoms with E-state index in [0.29, 0.717) is 6.61 Å². The Kier molecular flexibility index (Phi) is 7.64. The van der Waals surface area contributed by atoms with E-state index in [1.807, 2.05) is 6.42 Å². The van der Waals surface area contributed by atoms with Gasteiger partial charge in [-0.05, 0) is 83.5 Å². The molecule has 10 radical (unpaired) electrons. The first-order valence-corrected chi connectivity index (χ1v) is 8.34. The predicted octanol–water partition coefficient (Wildman–Crippen LogP) is 3.56. The first-order chi connectivity index (χ1) is 11.1. The van der Waals surface area contributed by atoms with Crippen LogP contribution in [0.15, 0.2) is 4.99 Å². The maximum Gasteiger partial charge on any atom is 2.00 e. The van der Waals surface area contributed by atoms with E-state index in [4.69, 9.17) is 14.5 Å². The van der Waals surface area contributed by atoms with Gasteiger partial charge in [0, 0.05) is 6.61 Å². The second kappa shape index (κ2) is 9.05. The topological polar surface area (TPSA) is 30.8 Å². The molecule has 0 aromatic carbocycles. The summed E-state index contributed by atoms with van der Waals surface area (Å²) in [6.45, 7) is 7.63. The summed E-state index contributed by atoms with van der Waals surface area (Å²) in [5, 5.41) is 0. The first-order valence-electron chi connectivity index (χ1n) is 8.34. The van der Waals surface area contributed by atoms with Gasteiger partial charge in [0.25, 0.3) is 0 Å². The minimum atomic E-state index is -0.311. The van der Waals surface area contributed by atoms with Gasteiger partial charge in [-0.1, -0.05) is 6.92 Å². The van der Waals surface area contributed by atoms with E-state index >= 15 is 0 Å². The van der Waals surface area contributed by atoms with Gasteiger partial charge in [-0.15, -0.1) is 0 Å². The largest absolute Gasteiger partial charge is 2.00 e. The molecule has 4 heteroatoms. The third kappa shape index (κ3) is 4.99. The molecule has 128 valence electrons. The molecular weight excluding hydrogens is 342 g/mol. The molecule has 0 aromatic rings. The summed E-state index contributed by atoms with van der Waals surface area (Å²) in [7, 11) is 0. The van der Waals surface area contributed by atoms with E-state index in [1.54, 1.807) is 0 Å². The Bertz CT molecular complexity index is 418. The number of nitrogens with zero attached hydrogens (tertiary/aromatic N) is 1. The fourth-order valence-corrected chi connectivity index (χ4v) is 2.92. The molecule has 1 aliphatic heterocycles. The Morgan fingerprint density at radius 1 is 1.17 bits per heavy atom. The summed E-state index contributed by atoms with van der Waals surface area (Å²) < 4.78 is 11.9. The fourth-order valence-electron chi connectivity index (χ4n) is 2.92. The normalized spacial score (nSPS) is 26.5. The monoisotopic (exact) mass is 367 g/mol. The molecule has 3 rings (SSSR count). The van der Waals surface area contributed by atoms with Gasteiger partial charge in [0.05, 0.1) is 11.5 Å².